The van der Waals surface area contributed by atoms with E-state index in [9.17, 15) is 18.0 Å². The third kappa shape index (κ3) is 4.71. The van der Waals surface area contributed by atoms with E-state index in [1.54, 1.807) is 7.05 Å². The molecular formula is C11H13F3N2O2S. The highest BCUT2D eigenvalue weighted by molar-refractivity contribution is 7.99. The maximum atomic E-state index is 12.3. The lowest BCUT2D eigenvalue weighted by Crippen LogP contribution is -2.37. The van der Waals surface area contributed by atoms with Gasteiger partial charge in [0.25, 0.3) is 0 Å². The van der Waals surface area contributed by atoms with E-state index in [1.165, 1.54) is 24.9 Å². The molecule has 1 heterocycles. The Hall–Kier alpha value is -1.28. The first kappa shape index (κ1) is 15.8. The van der Waals surface area contributed by atoms with Crippen LogP contribution in [0.4, 0.5) is 13.2 Å². The first-order valence-corrected chi connectivity index (χ1v) is 6.28. The average molecular weight is 294 g/mol. The minimum absolute atomic E-state index is 0.321. The lowest BCUT2D eigenvalue weighted by Gasteiger charge is -2.12. The van der Waals surface area contributed by atoms with Gasteiger partial charge in [0.1, 0.15) is 6.04 Å². The number of hydrogen-bond acceptors (Lipinski definition) is 5. The third-order valence-electron chi connectivity index (χ3n) is 2.30. The number of pyridine rings is 1. The van der Waals surface area contributed by atoms with Crippen LogP contribution in [0.2, 0.25) is 0 Å². The zero-order valence-corrected chi connectivity index (χ0v) is 11.1. The van der Waals surface area contributed by atoms with Crippen LogP contribution in [0.25, 0.3) is 0 Å². The van der Waals surface area contributed by atoms with E-state index < -0.39 is 23.8 Å². The summed E-state index contributed by atoms with van der Waals surface area (Å²) in [7, 11) is 2.87. The molecule has 8 heteroatoms. The van der Waals surface area contributed by atoms with E-state index in [1.807, 2.05) is 0 Å². The van der Waals surface area contributed by atoms with Crippen LogP contribution in [0, 0.1) is 0 Å². The van der Waals surface area contributed by atoms with E-state index in [2.05, 4.69) is 15.0 Å². The van der Waals surface area contributed by atoms with Gasteiger partial charge in [-0.2, -0.15) is 13.2 Å². The van der Waals surface area contributed by atoms with Crippen molar-refractivity contribution in [3.63, 3.8) is 0 Å². The van der Waals surface area contributed by atoms with Crippen LogP contribution in [0.5, 0.6) is 0 Å². The van der Waals surface area contributed by atoms with Gasteiger partial charge >= 0.3 is 12.1 Å². The summed E-state index contributed by atoms with van der Waals surface area (Å²) in [6.07, 6.45) is -3.62. The third-order valence-corrected chi connectivity index (χ3v) is 3.33. The van der Waals surface area contributed by atoms with Crippen molar-refractivity contribution in [1.29, 1.82) is 0 Å². The molecule has 0 aliphatic carbocycles. The molecule has 0 saturated heterocycles. The van der Waals surface area contributed by atoms with Crippen LogP contribution in [0.15, 0.2) is 23.4 Å². The fourth-order valence-corrected chi connectivity index (χ4v) is 2.15. The monoisotopic (exact) mass is 294 g/mol. The molecule has 0 bridgehead atoms. The number of halogens is 3. The van der Waals surface area contributed by atoms with E-state index in [0.717, 1.165) is 12.3 Å². The molecule has 0 saturated carbocycles. The SMILES string of the molecule is CNC(CSc1ccc(C(F)(F)F)cn1)C(=O)OC. The number of carbonyl (C=O) groups is 1. The van der Waals surface area contributed by atoms with Crippen molar-refractivity contribution in [2.45, 2.75) is 17.2 Å². The largest absolute Gasteiger partial charge is 0.468 e. The molecule has 19 heavy (non-hydrogen) atoms. The molecule has 0 aliphatic heterocycles. The van der Waals surface area contributed by atoms with Crippen LogP contribution in [-0.4, -0.2) is 36.9 Å². The fraction of sp³-hybridized carbons (Fsp3) is 0.455. The lowest BCUT2D eigenvalue weighted by atomic mass is 10.3. The Morgan fingerprint density at radius 2 is 2.21 bits per heavy atom. The predicted octanol–water partition coefficient (Wildman–Crippen LogP) is 1.95. The highest BCUT2D eigenvalue weighted by atomic mass is 32.2. The molecule has 1 rings (SSSR count). The summed E-state index contributed by atoms with van der Waals surface area (Å²) < 4.78 is 41.5. The zero-order chi connectivity index (χ0) is 14.5. The maximum absolute atomic E-state index is 12.3. The minimum Gasteiger partial charge on any atom is -0.468 e. The van der Waals surface area contributed by atoms with Gasteiger partial charge in [0, 0.05) is 11.9 Å². The number of hydrogen-bond donors (Lipinski definition) is 1. The van der Waals surface area contributed by atoms with Crippen LogP contribution in [0.3, 0.4) is 0 Å². The van der Waals surface area contributed by atoms with Crippen LogP contribution < -0.4 is 5.32 Å². The first-order valence-electron chi connectivity index (χ1n) is 5.29. The Morgan fingerprint density at radius 3 is 2.63 bits per heavy atom. The molecule has 1 unspecified atom stereocenters. The van der Waals surface area contributed by atoms with Crippen molar-refractivity contribution in [3.8, 4) is 0 Å². The Balaban J connectivity index is 2.61. The molecule has 4 nitrogen and oxygen atoms in total. The molecule has 1 atom stereocenters. The van der Waals surface area contributed by atoms with Crippen molar-refractivity contribution in [2.75, 3.05) is 19.9 Å². The second-order valence-corrected chi connectivity index (χ2v) is 4.60. The number of carbonyl (C=O) groups excluding carboxylic acids is 1. The summed E-state index contributed by atoms with van der Waals surface area (Å²) in [5, 5.41) is 3.17. The highest BCUT2D eigenvalue weighted by Crippen LogP contribution is 2.29. The predicted molar refractivity (Wildman–Crippen MR) is 64.8 cm³/mol. The molecule has 1 aromatic heterocycles. The summed E-state index contributed by atoms with van der Waals surface area (Å²) in [5.74, 6) is -0.108. The van der Waals surface area contributed by atoms with Crippen LogP contribution in [0.1, 0.15) is 5.56 Å². The van der Waals surface area contributed by atoms with Gasteiger partial charge in [-0.3, -0.25) is 4.79 Å². The summed E-state index contributed by atoms with van der Waals surface area (Å²) in [6.45, 7) is 0. The molecule has 0 fully saturated rings. The maximum Gasteiger partial charge on any atom is 0.417 e. The Morgan fingerprint density at radius 1 is 1.53 bits per heavy atom. The van der Waals surface area contributed by atoms with Crippen molar-refractivity contribution >= 4 is 17.7 Å². The quantitative estimate of drug-likeness (QED) is 0.664. The first-order chi connectivity index (χ1) is 8.88. The van der Waals surface area contributed by atoms with E-state index >= 15 is 0 Å². The van der Waals surface area contributed by atoms with Gasteiger partial charge in [0.05, 0.1) is 17.7 Å². The molecule has 0 amide bonds. The summed E-state index contributed by atoms with van der Waals surface area (Å²) in [6, 6.07) is 1.71. The van der Waals surface area contributed by atoms with Crippen molar-refractivity contribution < 1.29 is 22.7 Å². The van der Waals surface area contributed by atoms with Gasteiger partial charge < -0.3 is 10.1 Å². The van der Waals surface area contributed by atoms with E-state index in [4.69, 9.17) is 0 Å². The number of thioether (sulfide) groups is 1. The molecular weight excluding hydrogens is 281 g/mol. The summed E-state index contributed by atoms with van der Waals surface area (Å²) in [4.78, 5) is 15.0. The zero-order valence-electron chi connectivity index (χ0n) is 10.3. The molecule has 0 radical (unpaired) electrons. The fourth-order valence-electron chi connectivity index (χ4n) is 1.21. The molecule has 106 valence electrons. The Bertz CT molecular complexity index is 423. The lowest BCUT2D eigenvalue weighted by molar-refractivity contribution is -0.142. The van der Waals surface area contributed by atoms with Gasteiger partial charge in [0.15, 0.2) is 0 Å². The number of methoxy groups -OCH3 is 1. The van der Waals surface area contributed by atoms with Crippen LogP contribution in [-0.2, 0) is 15.7 Å². The van der Waals surface area contributed by atoms with Crippen molar-refractivity contribution in [1.82, 2.24) is 10.3 Å². The van der Waals surface area contributed by atoms with Gasteiger partial charge in [-0.1, -0.05) is 0 Å². The molecule has 1 N–H and O–H groups in total. The van der Waals surface area contributed by atoms with Gasteiger partial charge in [0.2, 0.25) is 0 Å². The minimum atomic E-state index is -4.39. The van der Waals surface area contributed by atoms with E-state index in [-0.39, 0.29) is 0 Å². The Labute approximate surface area is 112 Å². The summed E-state index contributed by atoms with van der Waals surface area (Å²) >= 11 is 1.17. The number of esters is 1. The number of nitrogens with zero attached hydrogens (tertiary/aromatic N) is 1. The topological polar surface area (TPSA) is 51.2 Å². The van der Waals surface area contributed by atoms with Crippen molar-refractivity contribution in [2.24, 2.45) is 0 Å². The smallest absolute Gasteiger partial charge is 0.417 e. The molecule has 1 aromatic rings. The molecule has 0 aliphatic rings. The molecule has 0 aromatic carbocycles. The number of nitrogens with one attached hydrogen (secondary N) is 1. The average Bonchev–Trinajstić information content (AvgIpc) is 2.38. The van der Waals surface area contributed by atoms with Gasteiger partial charge in [-0.05, 0) is 19.2 Å². The number of likely N-dealkylation sites (N-methyl/N-ethyl adjacent to an activating group) is 1. The summed E-state index contributed by atoms with van der Waals surface area (Å²) in [5.41, 5.74) is -0.796. The number of rotatable bonds is 5. The second-order valence-electron chi connectivity index (χ2n) is 3.56. The van der Waals surface area contributed by atoms with Gasteiger partial charge in [-0.15, -0.1) is 11.8 Å². The standard InChI is InChI=1S/C11H13F3N2O2S/c1-15-8(10(17)18-2)6-19-9-4-3-7(5-16-9)11(12,13)14/h3-5,8,15H,6H2,1-2H3. The second kappa shape index (κ2) is 6.76. The highest BCUT2D eigenvalue weighted by Gasteiger charge is 2.30. The van der Waals surface area contributed by atoms with Gasteiger partial charge in [-0.25, -0.2) is 4.98 Å². The Kier molecular flexibility index (Phi) is 5.61. The number of alkyl halides is 3. The van der Waals surface area contributed by atoms with E-state index in [0.29, 0.717) is 10.8 Å². The van der Waals surface area contributed by atoms with Crippen LogP contribution >= 0.6 is 11.8 Å². The normalized spacial score (nSPS) is 13.1. The number of aromatic nitrogens is 1. The number of ether oxygens (including phenoxy) is 1. The van der Waals surface area contributed by atoms with Crippen molar-refractivity contribution in [3.05, 3.63) is 23.9 Å². The molecule has 0 spiro atoms.